The standard InChI is InChI=1S/C11H9N3/c1-7-5-9-8-3-2-4-12-11(8)14-10(9)6-13-7/h2-6H,1H3,(H,12,14). The van der Waals surface area contributed by atoms with Gasteiger partial charge in [-0.2, -0.15) is 0 Å². The van der Waals surface area contributed by atoms with Crippen molar-refractivity contribution in [3.8, 4) is 0 Å². The van der Waals surface area contributed by atoms with E-state index in [-0.39, 0.29) is 0 Å². The van der Waals surface area contributed by atoms with Gasteiger partial charge in [0.1, 0.15) is 5.65 Å². The van der Waals surface area contributed by atoms with Gasteiger partial charge in [-0.25, -0.2) is 4.98 Å². The Balaban J connectivity index is 2.58. The van der Waals surface area contributed by atoms with Crippen molar-refractivity contribution in [1.29, 1.82) is 0 Å². The second-order valence-electron chi connectivity index (χ2n) is 3.40. The molecule has 3 aromatic rings. The number of aromatic amines is 1. The molecule has 68 valence electrons. The highest BCUT2D eigenvalue weighted by molar-refractivity contribution is 6.05. The van der Waals surface area contributed by atoms with Gasteiger partial charge in [-0.15, -0.1) is 0 Å². The Kier molecular flexibility index (Phi) is 1.36. The number of rotatable bonds is 0. The van der Waals surface area contributed by atoms with Crippen LogP contribution in [0.2, 0.25) is 0 Å². The number of hydrogen-bond donors (Lipinski definition) is 1. The molecule has 0 aliphatic carbocycles. The lowest BCUT2D eigenvalue weighted by molar-refractivity contribution is 1.22. The molecule has 0 aromatic carbocycles. The maximum Gasteiger partial charge on any atom is 0.138 e. The highest BCUT2D eigenvalue weighted by Gasteiger charge is 2.03. The first-order chi connectivity index (χ1) is 6.84. The summed E-state index contributed by atoms with van der Waals surface area (Å²) in [5.41, 5.74) is 3.00. The van der Waals surface area contributed by atoms with Gasteiger partial charge in [-0.05, 0) is 25.1 Å². The van der Waals surface area contributed by atoms with E-state index in [1.165, 1.54) is 5.39 Å². The summed E-state index contributed by atoms with van der Waals surface area (Å²) in [4.78, 5) is 11.7. The fraction of sp³-hybridized carbons (Fsp3) is 0.0909. The average Bonchev–Trinajstić information content (AvgIpc) is 2.56. The minimum absolute atomic E-state index is 0.926. The van der Waals surface area contributed by atoms with Crippen LogP contribution in [0, 0.1) is 6.92 Å². The first-order valence-electron chi connectivity index (χ1n) is 4.53. The monoisotopic (exact) mass is 183 g/mol. The van der Waals surface area contributed by atoms with Crippen LogP contribution in [0.5, 0.6) is 0 Å². The lowest BCUT2D eigenvalue weighted by Gasteiger charge is -1.91. The molecule has 1 N–H and O–H groups in total. The van der Waals surface area contributed by atoms with Crippen molar-refractivity contribution in [3.63, 3.8) is 0 Å². The lowest BCUT2D eigenvalue weighted by atomic mass is 10.2. The van der Waals surface area contributed by atoms with Crippen molar-refractivity contribution < 1.29 is 0 Å². The summed E-state index contributed by atoms with van der Waals surface area (Å²) in [5.74, 6) is 0. The molecule has 3 heteroatoms. The molecular formula is C11H9N3. The number of H-pyrrole nitrogens is 1. The van der Waals surface area contributed by atoms with Crippen LogP contribution < -0.4 is 0 Å². The quantitative estimate of drug-likeness (QED) is 0.581. The molecule has 3 heterocycles. The molecule has 0 unspecified atom stereocenters. The third-order valence-electron chi connectivity index (χ3n) is 2.39. The van der Waals surface area contributed by atoms with E-state index >= 15 is 0 Å². The molecular weight excluding hydrogens is 174 g/mol. The molecule has 0 amide bonds. The first-order valence-corrected chi connectivity index (χ1v) is 4.53. The van der Waals surface area contributed by atoms with Gasteiger partial charge in [-0.3, -0.25) is 4.98 Å². The predicted molar refractivity (Wildman–Crippen MR) is 56.1 cm³/mol. The fourth-order valence-electron chi connectivity index (χ4n) is 1.73. The van der Waals surface area contributed by atoms with Crippen LogP contribution in [0.3, 0.4) is 0 Å². The van der Waals surface area contributed by atoms with Gasteiger partial charge in [0.2, 0.25) is 0 Å². The summed E-state index contributed by atoms with van der Waals surface area (Å²) in [5, 5.41) is 2.36. The summed E-state index contributed by atoms with van der Waals surface area (Å²) >= 11 is 0. The highest BCUT2D eigenvalue weighted by atomic mass is 14.9. The number of nitrogens with zero attached hydrogens (tertiary/aromatic N) is 2. The fourth-order valence-corrected chi connectivity index (χ4v) is 1.73. The van der Waals surface area contributed by atoms with Crippen LogP contribution in [-0.4, -0.2) is 15.0 Å². The van der Waals surface area contributed by atoms with Crippen molar-refractivity contribution in [2.45, 2.75) is 6.92 Å². The number of hydrogen-bond acceptors (Lipinski definition) is 2. The molecule has 0 bridgehead atoms. The maximum absolute atomic E-state index is 4.26. The second-order valence-corrected chi connectivity index (χ2v) is 3.40. The minimum atomic E-state index is 0.926. The van der Waals surface area contributed by atoms with E-state index in [1.807, 2.05) is 19.2 Å². The molecule has 14 heavy (non-hydrogen) atoms. The Bertz CT molecular complexity index is 610. The molecule has 0 aliphatic heterocycles. The van der Waals surface area contributed by atoms with E-state index < -0.39 is 0 Å². The van der Waals surface area contributed by atoms with E-state index in [4.69, 9.17) is 0 Å². The Hall–Kier alpha value is -1.90. The summed E-state index contributed by atoms with van der Waals surface area (Å²) in [6, 6.07) is 6.10. The van der Waals surface area contributed by atoms with Crippen LogP contribution in [0.15, 0.2) is 30.6 Å². The van der Waals surface area contributed by atoms with E-state index in [1.54, 1.807) is 6.20 Å². The van der Waals surface area contributed by atoms with Crippen LogP contribution in [0.4, 0.5) is 0 Å². The Labute approximate surface area is 80.8 Å². The van der Waals surface area contributed by atoms with E-state index in [9.17, 15) is 0 Å². The molecule has 3 aromatic heterocycles. The van der Waals surface area contributed by atoms with Gasteiger partial charge in [0.05, 0.1) is 11.7 Å². The third-order valence-corrected chi connectivity index (χ3v) is 2.39. The molecule has 0 atom stereocenters. The largest absolute Gasteiger partial charge is 0.338 e. The molecule has 0 saturated heterocycles. The zero-order chi connectivity index (χ0) is 9.54. The SMILES string of the molecule is Cc1cc2c(cn1)[nH]c1ncccc12. The number of fused-ring (bicyclic) bond motifs is 3. The van der Waals surface area contributed by atoms with Crippen LogP contribution in [-0.2, 0) is 0 Å². The van der Waals surface area contributed by atoms with Crippen molar-refractivity contribution in [2.75, 3.05) is 0 Å². The topological polar surface area (TPSA) is 41.6 Å². The van der Waals surface area contributed by atoms with Gasteiger partial charge in [0.25, 0.3) is 0 Å². The maximum atomic E-state index is 4.26. The molecule has 0 radical (unpaired) electrons. The minimum Gasteiger partial charge on any atom is -0.338 e. The van der Waals surface area contributed by atoms with Gasteiger partial charge < -0.3 is 4.98 Å². The Morgan fingerprint density at radius 2 is 2.14 bits per heavy atom. The van der Waals surface area contributed by atoms with Crippen molar-refractivity contribution >= 4 is 21.9 Å². The van der Waals surface area contributed by atoms with E-state index in [0.717, 1.165) is 22.2 Å². The zero-order valence-corrected chi connectivity index (χ0v) is 7.78. The van der Waals surface area contributed by atoms with Crippen molar-refractivity contribution in [3.05, 3.63) is 36.3 Å². The van der Waals surface area contributed by atoms with Crippen molar-refractivity contribution in [2.24, 2.45) is 0 Å². The lowest BCUT2D eigenvalue weighted by Crippen LogP contribution is -1.77. The van der Waals surface area contributed by atoms with Gasteiger partial charge >= 0.3 is 0 Å². The highest BCUT2D eigenvalue weighted by Crippen LogP contribution is 2.23. The summed E-state index contributed by atoms with van der Waals surface area (Å²) in [6.07, 6.45) is 3.64. The smallest absolute Gasteiger partial charge is 0.138 e. The summed E-state index contributed by atoms with van der Waals surface area (Å²) in [7, 11) is 0. The number of aryl methyl sites for hydroxylation is 1. The van der Waals surface area contributed by atoms with Crippen LogP contribution >= 0.6 is 0 Å². The Morgan fingerprint density at radius 3 is 3.07 bits per heavy atom. The Morgan fingerprint density at radius 1 is 1.21 bits per heavy atom. The molecule has 3 nitrogen and oxygen atoms in total. The zero-order valence-electron chi connectivity index (χ0n) is 7.78. The summed E-state index contributed by atoms with van der Waals surface area (Å²) < 4.78 is 0. The second kappa shape index (κ2) is 2.54. The molecule has 3 rings (SSSR count). The predicted octanol–water partition coefficient (Wildman–Crippen LogP) is 2.42. The van der Waals surface area contributed by atoms with Crippen molar-refractivity contribution in [1.82, 2.24) is 15.0 Å². The van der Waals surface area contributed by atoms with Crippen LogP contribution in [0.1, 0.15) is 5.69 Å². The molecule has 0 saturated carbocycles. The van der Waals surface area contributed by atoms with E-state index in [0.29, 0.717) is 0 Å². The molecule has 0 spiro atoms. The summed E-state index contributed by atoms with van der Waals surface area (Å²) in [6.45, 7) is 1.99. The van der Waals surface area contributed by atoms with Gasteiger partial charge in [0, 0.05) is 22.7 Å². The molecule has 0 aliphatic rings. The van der Waals surface area contributed by atoms with Crippen LogP contribution in [0.25, 0.3) is 21.9 Å². The number of nitrogens with one attached hydrogen (secondary N) is 1. The van der Waals surface area contributed by atoms with Gasteiger partial charge in [0.15, 0.2) is 0 Å². The van der Waals surface area contributed by atoms with E-state index in [2.05, 4.69) is 27.1 Å². The average molecular weight is 183 g/mol. The van der Waals surface area contributed by atoms with Gasteiger partial charge in [-0.1, -0.05) is 0 Å². The first kappa shape index (κ1) is 7.50. The number of pyridine rings is 2. The number of aromatic nitrogens is 3. The normalized spacial score (nSPS) is 11.2. The molecule has 0 fully saturated rings. The third kappa shape index (κ3) is 0.923.